The van der Waals surface area contributed by atoms with Crippen molar-refractivity contribution in [3.8, 4) is 5.69 Å². The number of aromatic nitrogens is 1. The van der Waals surface area contributed by atoms with Crippen molar-refractivity contribution < 1.29 is 14.3 Å². The van der Waals surface area contributed by atoms with Crippen molar-refractivity contribution in [2.75, 3.05) is 0 Å². The van der Waals surface area contributed by atoms with Crippen LogP contribution in [-0.4, -0.2) is 15.6 Å². The van der Waals surface area contributed by atoms with E-state index >= 15 is 0 Å². The molecule has 0 saturated heterocycles. The summed E-state index contributed by atoms with van der Waals surface area (Å²) in [6, 6.07) is 6.33. The molecule has 0 radical (unpaired) electrons. The average Bonchev–Trinajstić information content (AvgIpc) is 2.30. The normalized spacial score (nSPS) is 10.3. The second-order valence-corrected chi connectivity index (χ2v) is 4.69. The van der Waals surface area contributed by atoms with Gasteiger partial charge in [0.15, 0.2) is 0 Å². The van der Waals surface area contributed by atoms with Crippen molar-refractivity contribution in [3.63, 3.8) is 0 Å². The minimum absolute atomic E-state index is 0.00488. The minimum Gasteiger partial charge on any atom is -0.478 e. The van der Waals surface area contributed by atoms with Crippen LogP contribution < -0.4 is 5.56 Å². The van der Waals surface area contributed by atoms with E-state index in [9.17, 15) is 14.0 Å². The molecular weight excluding hydrogens is 352 g/mol. The first kappa shape index (κ1) is 12.7. The highest BCUT2D eigenvalue weighted by Crippen LogP contribution is 2.17. The van der Waals surface area contributed by atoms with Crippen LogP contribution in [0.3, 0.4) is 0 Å². The average molecular weight is 359 g/mol. The van der Waals surface area contributed by atoms with Gasteiger partial charge in [-0.25, -0.2) is 9.18 Å². The number of aromatic carboxylic acids is 1. The third-order valence-corrected chi connectivity index (χ3v) is 3.19. The van der Waals surface area contributed by atoms with Crippen LogP contribution in [0.15, 0.2) is 41.3 Å². The van der Waals surface area contributed by atoms with Crippen molar-refractivity contribution in [1.82, 2.24) is 4.57 Å². The molecule has 4 nitrogen and oxygen atoms in total. The van der Waals surface area contributed by atoms with Gasteiger partial charge in [-0.3, -0.25) is 9.36 Å². The summed E-state index contributed by atoms with van der Waals surface area (Å²) in [6.07, 6.45) is 1.22. The van der Waals surface area contributed by atoms with Crippen molar-refractivity contribution in [2.45, 2.75) is 0 Å². The van der Waals surface area contributed by atoms with E-state index in [1.54, 1.807) is 0 Å². The van der Waals surface area contributed by atoms with Gasteiger partial charge in [-0.05, 0) is 46.9 Å². The molecule has 0 atom stereocenters. The van der Waals surface area contributed by atoms with E-state index in [0.717, 1.165) is 0 Å². The third kappa shape index (κ3) is 2.42. The third-order valence-electron chi connectivity index (χ3n) is 2.33. The maximum Gasteiger partial charge on any atom is 0.337 e. The molecule has 6 heteroatoms. The number of pyridine rings is 1. The van der Waals surface area contributed by atoms with Crippen molar-refractivity contribution >= 4 is 28.6 Å². The Morgan fingerprint density at radius 3 is 2.61 bits per heavy atom. The second-order valence-electron chi connectivity index (χ2n) is 3.53. The molecule has 1 heterocycles. The maximum absolute atomic E-state index is 13.0. The lowest BCUT2D eigenvalue weighted by atomic mass is 10.2. The fourth-order valence-corrected chi connectivity index (χ4v) is 2.22. The molecule has 92 valence electrons. The summed E-state index contributed by atoms with van der Waals surface area (Å²) in [4.78, 5) is 22.6. The summed E-state index contributed by atoms with van der Waals surface area (Å²) in [7, 11) is 0. The molecule has 0 spiro atoms. The highest BCUT2D eigenvalue weighted by molar-refractivity contribution is 14.1. The van der Waals surface area contributed by atoms with Crippen molar-refractivity contribution in [1.29, 1.82) is 0 Å². The van der Waals surface area contributed by atoms with Crippen LogP contribution in [-0.2, 0) is 0 Å². The number of hydrogen-bond donors (Lipinski definition) is 1. The van der Waals surface area contributed by atoms with Gasteiger partial charge in [-0.15, -0.1) is 0 Å². The van der Waals surface area contributed by atoms with Gasteiger partial charge in [-0.1, -0.05) is 0 Å². The quantitative estimate of drug-likeness (QED) is 0.838. The van der Waals surface area contributed by atoms with E-state index in [4.69, 9.17) is 5.11 Å². The lowest BCUT2D eigenvalue weighted by molar-refractivity contribution is 0.0696. The van der Waals surface area contributed by atoms with E-state index in [2.05, 4.69) is 0 Å². The number of carboxylic acid groups (broad SMARTS) is 1. The Morgan fingerprint density at radius 1 is 1.28 bits per heavy atom. The largest absolute Gasteiger partial charge is 0.478 e. The van der Waals surface area contributed by atoms with Crippen molar-refractivity contribution in [2.24, 2.45) is 0 Å². The van der Waals surface area contributed by atoms with Crippen LogP contribution in [0.4, 0.5) is 4.39 Å². The number of rotatable bonds is 2. The molecule has 0 aliphatic heterocycles. The van der Waals surface area contributed by atoms with Gasteiger partial charge >= 0.3 is 5.97 Å². The lowest BCUT2D eigenvalue weighted by Crippen LogP contribution is -2.19. The van der Waals surface area contributed by atoms with E-state index in [0.29, 0.717) is 9.26 Å². The van der Waals surface area contributed by atoms with Gasteiger partial charge < -0.3 is 5.11 Å². The number of carboxylic acids is 1. The molecule has 1 N–H and O–H groups in total. The first-order valence-electron chi connectivity index (χ1n) is 4.90. The molecule has 0 unspecified atom stereocenters. The Labute approximate surface area is 115 Å². The summed E-state index contributed by atoms with van der Waals surface area (Å²) in [6.45, 7) is 0. The van der Waals surface area contributed by atoms with Crippen LogP contribution in [0.5, 0.6) is 0 Å². The fraction of sp³-hybridized carbons (Fsp3) is 0. The number of benzene rings is 1. The number of hydrogen-bond acceptors (Lipinski definition) is 2. The van der Waals surface area contributed by atoms with Crippen LogP contribution in [0.25, 0.3) is 5.69 Å². The Bertz CT molecular complexity index is 681. The SMILES string of the molecule is O=C(O)c1ccc(=O)n(-c2ccc(F)cc2I)c1. The van der Waals surface area contributed by atoms with E-state index in [-0.39, 0.29) is 11.1 Å². The van der Waals surface area contributed by atoms with Crippen LogP contribution in [0, 0.1) is 9.39 Å². The summed E-state index contributed by atoms with van der Waals surface area (Å²) in [5.74, 6) is -1.54. The standard InChI is InChI=1S/C12H7FINO3/c13-8-2-3-10(9(14)5-8)15-6-7(12(17)18)1-4-11(15)16/h1-6H,(H,17,18). The Kier molecular flexibility index (Phi) is 3.46. The zero-order valence-corrected chi connectivity index (χ0v) is 11.1. The van der Waals surface area contributed by atoms with E-state index in [1.165, 1.54) is 41.1 Å². The monoisotopic (exact) mass is 359 g/mol. The molecule has 0 bridgehead atoms. The van der Waals surface area contributed by atoms with Gasteiger partial charge in [0.05, 0.1) is 11.3 Å². The van der Waals surface area contributed by atoms with Gasteiger partial charge in [0.25, 0.3) is 5.56 Å². The van der Waals surface area contributed by atoms with Gasteiger partial charge in [0.1, 0.15) is 5.82 Å². The van der Waals surface area contributed by atoms with Crippen LogP contribution >= 0.6 is 22.6 Å². The van der Waals surface area contributed by atoms with Crippen LogP contribution in [0.2, 0.25) is 0 Å². The number of carbonyl (C=O) groups is 1. The molecule has 0 saturated carbocycles. The van der Waals surface area contributed by atoms with Crippen molar-refractivity contribution in [3.05, 3.63) is 61.8 Å². The fourth-order valence-electron chi connectivity index (χ4n) is 1.48. The summed E-state index contributed by atoms with van der Waals surface area (Å²) < 4.78 is 14.7. The molecule has 2 rings (SSSR count). The van der Waals surface area contributed by atoms with Crippen LogP contribution in [0.1, 0.15) is 10.4 Å². The second kappa shape index (κ2) is 4.89. The molecule has 2 aromatic rings. The van der Waals surface area contributed by atoms with Gasteiger partial charge in [-0.2, -0.15) is 0 Å². The number of nitrogens with zero attached hydrogens (tertiary/aromatic N) is 1. The predicted molar refractivity (Wildman–Crippen MR) is 71.7 cm³/mol. The highest BCUT2D eigenvalue weighted by atomic mass is 127. The highest BCUT2D eigenvalue weighted by Gasteiger charge is 2.09. The molecule has 18 heavy (non-hydrogen) atoms. The molecule has 0 aliphatic rings. The Balaban J connectivity index is 2.66. The Hall–Kier alpha value is -1.70. The first-order valence-corrected chi connectivity index (χ1v) is 5.98. The zero-order chi connectivity index (χ0) is 13.3. The van der Waals surface area contributed by atoms with E-state index in [1.807, 2.05) is 22.6 Å². The summed E-state index contributed by atoms with van der Waals surface area (Å²) >= 11 is 1.89. The summed E-state index contributed by atoms with van der Waals surface area (Å²) in [5.41, 5.74) is 0.0735. The zero-order valence-electron chi connectivity index (χ0n) is 8.93. The molecule has 0 amide bonds. The topological polar surface area (TPSA) is 59.3 Å². The van der Waals surface area contributed by atoms with E-state index < -0.39 is 11.8 Å². The summed E-state index contributed by atoms with van der Waals surface area (Å²) in [5, 5.41) is 8.88. The minimum atomic E-state index is -1.12. The Morgan fingerprint density at radius 2 is 2.00 bits per heavy atom. The lowest BCUT2D eigenvalue weighted by Gasteiger charge is -2.08. The predicted octanol–water partition coefficient (Wildman–Crippen LogP) is 2.28. The van der Waals surface area contributed by atoms with Gasteiger partial charge in [0.2, 0.25) is 0 Å². The molecule has 0 fully saturated rings. The molecule has 1 aromatic heterocycles. The molecule has 0 aliphatic carbocycles. The maximum atomic E-state index is 13.0. The smallest absolute Gasteiger partial charge is 0.337 e. The number of halogens is 2. The first-order chi connectivity index (χ1) is 8.49. The molecule has 1 aromatic carbocycles. The van der Waals surface area contributed by atoms with Gasteiger partial charge in [0, 0.05) is 15.8 Å². The molecular formula is C12H7FINO3.